The summed E-state index contributed by atoms with van der Waals surface area (Å²) in [5.74, 6) is -2.29. The second-order valence-corrected chi connectivity index (χ2v) is 7.22. The first kappa shape index (κ1) is 16.3. The van der Waals surface area contributed by atoms with Gasteiger partial charge in [-0.2, -0.15) is 0 Å². The van der Waals surface area contributed by atoms with Crippen molar-refractivity contribution in [3.05, 3.63) is 29.8 Å². The summed E-state index contributed by atoms with van der Waals surface area (Å²) in [6.45, 7) is -0.233. The van der Waals surface area contributed by atoms with Gasteiger partial charge >= 0.3 is 0 Å². The van der Waals surface area contributed by atoms with Crippen LogP contribution >= 0.6 is 0 Å². The lowest BCUT2D eigenvalue weighted by Crippen LogP contribution is -2.42. The van der Waals surface area contributed by atoms with Gasteiger partial charge in [-0.3, -0.25) is 0 Å². The lowest BCUT2D eigenvalue weighted by Gasteiger charge is -2.26. The van der Waals surface area contributed by atoms with E-state index in [4.69, 9.17) is 0 Å². The van der Waals surface area contributed by atoms with Crippen LogP contribution in [0.4, 0.5) is 8.78 Å². The summed E-state index contributed by atoms with van der Waals surface area (Å²) in [7, 11) is -4.33. The third kappa shape index (κ3) is 3.99. The van der Waals surface area contributed by atoms with Gasteiger partial charge in [-0.05, 0) is 25.0 Å². The highest BCUT2D eigenvalue weighted by Crippen LogP contribution is 2.27. The average molecular weight is 319 g/mol. The molecule has 0 heterocycles. The van der Waals surface area contributed by atoms with Crippen molar-refractivity contribution in [2.75, 3.05) is 6.54 Å². The van der Waals surface area contributed by atoms with Crippen LogP contribution in [-0.2, 0) is 10.0 Å². The predicted octanol–water partition coefficient (Wildman–Crippen LogP) is 2.33. The third-order valence-corrected chi connectivity index (χ3v) is 5.27. The molecule has 1 aliphatic carbocycles. The number of rotatable bonds is 4. The van der Waals surface area contributed by atoms with Crippen molar-refractivity contribution in [2.24, 2.45) is 0 Å². The number of halogens is 2. The zero-order valence-corrected chi connectivity index (χ0v) is 12.4. The molecule has 1 saturated carbocycles. The first-order chi connectivity index (χ1) is 9.84. The molecule has 1 fully saturated rings. The Balaban J connectivity index is 2.14. The first-order valence-electron chi connectivity index (χ1n) is 7.00. The van der Waals surface area contributed by atoms with Crippen LogP contribution in [0.3, 0.4) is 0 Å². The Labute approximate surface area is 123 Å². The van der Waals surface area contributed by atoms with Crippen molar-refractivity contribution in [3.8, 4) is 0 Å². The van der Waals surface area contributed by atoms with Gasteiger partial charge in [-0.15, -0.1) is 0 Å². The smallest absolute Gasteiger partial charge is 0.246 e. The first-order valence-corrected chi connectivity index (χ1v) is 8.48. The molecule has 0 aromatic heterocycles. The number of benzene rings is 1. The molecule has 2 N–H and O–H groups in total. The number of hydrogen-bond donors (Lipinski definition) is 2. The standard InChI is InChI=1S/C14H19F2NO3S/c15-11-6-5-7-12(16)13(11)21(19,20)17-10-14(18)8-3-1-2-4-9-14/h5-7,17-18H,1-4,8-10H2. The number of nitrogens with one attached hydrogen (secondary N) is 1. The van der Waals surface area contributed by atoms with Gasteiger partial charge in [-0.25, -0.2) is 21.9 Å². The molecule has 4 nitrogen and oxygen atoms in total. The summed E-state index contributed by atoms with van der Waals surface area (Å²) in [5.41, 5.74) is -1.15. The van der Waals surface area contributed by atoms with E-state index in [1.165, 1.54) is 0 Å². The Morgan fingerprint density at radius 2 is 1.62 bits per heavy atom. The maximum atomic E-state index is 13.6. The molecule has 0 atom stereocenters. The summed E-state index contributed by atoms with van der Waals surface area (Å²) < 4.78 is 53.3. The molecule has 21 heavy (non-hydrogen) atoms. The summed E-state index contributed by atoms with van der Waals surface area (Å²) in [5, 5.41) is 10.4. The third-order valence-electron chi connectivity index (χ3n) is 3.81. The van der Waals surface area contributed by atoms with Gasteiger partial charge in [-0.1, -0.05) is 31.7 Å². The largest absolute Gasteiger partial charge is 0.389 e. The average Bonchev–Trinajstić information content (AvgIpc) is 2.62. The second kappa shape index (κ2) is 6.37. The van der Waals surface area contributed by atoms with E-state index >= 15 is 0 Å². The predicted molar refractivity (Wildman–Crippen MR) is 74.2 cm³/mol. The van der Waals surface area contributed by atoms with Gasteiger partial charge in [0.25, 0.3) is 0 Å². The van der Waals surface area contributed by atoms with Crippen LogP contribution in [0.15, 0.2) is 23.1 Å². The fraction of sp³-hybridized carbons (Fsp3) is 0.571. The van der Waals surface area contributed by atoms with Gasteiger partial charge < -0.3 is 5.11 Å². The molecule has 0 saturated heterocycles. The second-order valence-electron chi connectivity index (χ2n) is 5.51. The SMILES string of the molecule is O=S(=O)(NCC1(O)CCCCCC1)c1c(F)cccc1F. The molecule has 0 spiro atoms. The van der Waals surface area contributed by atoms with E-state index in [-0.39, 0.29) is 6.54 Å². The minimum atomic E-state index is -4.33. The molecule has 0 radical (unpaired) electrons. The molecule has 0 amide bonds. The lowest BCUT2D eigenvalue weighted by molar-refractivity contribution is 0.0302. The molecule has 7 heteroatoms. The van der Waals surface area contributed by atoms with E-state index in [0.29, 0.717) is 12.8 Å². The summed E-state index contributed by atoms with van der Waals surface area (Å²) >= 11 is 0. The van der Waals surface area contributed by atoms with Gasteiger partial charge in [0.2, 0.25) is 10.0 Å². The van der Waals surface area contributed by atoms with Crippen molar-refractivity contribution in [2.45, 2.75) is 49.0 Å². The van der Waals surface area contributed by atoms with Gasteiger partial charge in [0.1, 0.15) is 11.6 Å². The zero-order valence-electron chi connectivity index (χ0n) is 11.6. The normalized spacial score (nSPS) is 19.2. The Morgan fingerprint density at radius 1 is 1.10 bits per heavy atom. The van der Waals surface area contributed by atoms with Crippen LogP contribution in [0.1, 0.15) is 38.5 Å². The molecular formula is C14H19F2NO3S. The van der Waals surface area contributed by atoms with Gasteiger partial charge in [0.05, 0.1) is 5.60 Å². The van der Waals surface area contributed by atoms with Crippen LogP contribution in [0.2, 0.25) is 0 Å². The van der Waals surface area contributed by atoms with Gasteiger partial charge in [0.15, 0.2) is 4.90 Å². The van der Waals surface area contributed by atoms with Crippen LogP contribution in [0.5, 0.6) is 0 Å². The Kier molecular flexibility index (Phi) is 4.95. The Bertz CT molecular complexity index is 576. The van der Waals surface area contributed by atoms with Gasteiger partial charge in [0, 0.05) is 6.54 Å². The molecule has 2 rings (SSSR count). The maximum absolute atomic E-state index is 13.6. The lowest BCUT2D eigenvalue weighted by atomic mass is 9.95. The Morgan fingerprint density at radius 3 is 2.14 bits per heavy atom. The van der Waals surface area contributed by atoms with E-state index in [1.807, 2.05) is 0 Å². The van der Waals surface area contributed by atoms with Crippen LogP contribution < -0.4 is 4.72 Å². The minimum Gasteiger partial charge on any atom is -0.389 e. The van der Waals surface area contributed by atoms with E-state index in [9.17, 15) is 22.3 Å². The van der Waals surface area contributed by atoms with Crippen LogP contribution in [-0.4, -0.2) is 25.7 Å². The summed E-state index contributed by atoms with van der Waals surface area (Å²) in [4.78, 5) is -0.998. The van der Waals surface area contributed by atoms with Crippen molar-refractivity contribution in [3.63, 3.8) is 0 Å². The summed E-state index contributed by atoms with van der Waals surface area (Å²) in [6.07, 6.45) is 4.58. The highest BCUT2D eigenvalue weighted by molar-refractivity contribution is 7.89. The fourth-order valence-corrected chi connectivity index (χ4v) is 3.86. The van der Waals surface area contributed by atoms with Crippen molar-refractivity contribution >= 4 is 10.0 Å². The fourth-order valence-electron chi connectivity index (χ4n) is 2.60. The quantitative estimate of drug-likeness (QED) is 0.837. The molecule has 0 unspecified atom stereocenters. The van der Waals surface area contributed by atoms with E-state index in [0.717, 1.165) is 43.9 Å². The van der Waals surface area contributed by atoms with Crippen molar-refractivity contribution in [1.82, 2.24) is 4.72 Å². The van der Waals surface area contributed by atoms with Crippen molar-refractivity contribution in [1.29, 1.82) is 0 Å². The number of hydrogen-bond acceptors (Lipinski definition) is 3. The van der Waals surface area contributed by atoms with Crippen molar-refractivity contribution < 1.29 is 22.3 Å². The highest BCUT2D eigenvalue weighted by atomic mass is 32.2. The van der Waals surface area contributed by atoms with E-state index in [1.54, 1.807) is 0 Å². The maximum Gasteiger partial charge on any atom is 0.246 e. The molecular weight excluding hydrogens is 300 g/mol. The number of sulfonamides is 1. The minimum absolute atomic E-state index is 0.233. The van der Waals surface area contributed by atoms with Crippen LogP contribution in [0.25, 0.3) is 0 Å². The molecule has 1 aromatic carbocycles. The Hall–Kier alpha value is -1.05. The molecule has 0 aliphatic heterocycles. The summed E-state index contributed by atoms with van der Waals surface area (Å²) in [6, 6.07) is 2.87. The van der Waals surface area contributed by atoms with Crippen LogP contribution in [0, 0.1) is 11.6 Å². The molecule has 1 aromatic rings. The highest BCUT2D eigenvalue weighted by Gasteiger charge is 2.31. The zero-order chi connectivity index (χ0) is 15.5. The van der Waals surface area contributed by atoms with E-state index in [2.05, 4.69) is 4.72 Å². The topological polar surface area (TPSA) is 66.4 Å². The number of aliphatic hydroxyl groups is 1. The molecule has 118 valence electrons. The molecule has 0 bridgehead atoms. The van der Waals surface area contributed by atoms with E-state index < -0.39 is 32.2 Å². The monoisotopic (exact) mass is 319 g/mol. The molecule has 1 aliphatic rings.